The molecule has 102 valence electrons. The molecule has 2 N–H and O–H groups in total. The van der Waals surface area contributed by atoms with Crippen molar-refractivity contribution in [3.63, 3.8) is 0 Å². The maximum atomic E-state index is 11.6. The maximum absolute atomic E-state index is 11.6. The second kappa shape index (κ2) is 6.75. The highest BCUT2D eigenvalue weighted by Gasteiger charge is 2.10. The summed E-state index contributed by atoms with van der Waals surface area (Å²) in [6, 6.07) is 6.94. The molecule has 0 aliphatic rings. The lowest BCUT2D eigenvalue weighted by atomic mass is 10.2. The molecule has 0 fully saturated rings. The lowest BCUT2D eigenvalue weighted by Crippen LogP contribution is -2.22. The minimum Gasteiger partial charge on any atom is -0.385 e. The van der Waals surface area contributed by atoms with Gasteiger partial charge in [-0.25, -0.2) is 8.42 Å². The highest BCUT2D eigenvalue weighted by Crippen LogP contribution is 2.15. The Hall–Kier alpha value is -1.07. The van der Waals surface area contributed by atoms with Crippen molar-refractivity contribution in [2.24, 2.45) is 5.92 Å². The molecule has 1 aromatic carbocycles. The van der Waals surface area contributed by atoms with E-state index in [4.69, 9.17) is 0 Å². The van der Waals surface area contributed by atoms with Gasteiger partial charge in [0.2, 0.25) is 0 Å². The van der Waals surface area contributed by atoms with E-state index >= 15 is 0 Å². The quantitative estimate of drug-likeness (QED) is 0.792. The standard InChI is InChI=1S/C13H22N2O2S/c1-4-18(16,17)13-7-5-12(6-8-13)15-10-11(2)9-14-3/h5-8,11,14-15H,4,9-10H2,1-3H3. The molecule has 0 saturated heterocycles. The lowest BCUT2D eigenvalue weighted by Gasteiger charge is -2.13. The molecular weight excluding hydrogens is 248 g/mol. The van der Waals surface area contributed by atoms with Gasteiger partial charge in [0.05, 0.1) is 10.6 Å². The summed E-state index contributed by atoms with van der Waals surface area (Å²) in [7, 11) is -1.16. The van der Waals surface area contributed by atoms with Crippen LogP contribution in [-0.4, -0.2) is 34.3 Å². The second-order valence-electron chi connectivity index (χ2n) is 4.47. The van der Waals surface area contributed by atoms with E-state index in [-0.39, 0.29) is 5.75 Å². The molecular formula is C13H22N2O2S. The average Bonchev–Trinajstić information content (AvgIpc) is 2.37. The van der Waals surface area contributed by atoms with Gasteiger partial charge in [0, 0.05) is 12.2 Å². The number of sulfone groups is 1. The maximum Gasteiger partial charge on any atom is 0.178 e. The molecule has 0 aliphatic heterocycles. The fraction of sp³-hybridized carbons (Fsp3) is 0.538. The molecule has 0 aliphatic carbocycles. The summed E-state index contributed by atoms with van der Waals surface area (Å²) in [5, 5.41) is 6.41. The predicted molar refractivity (Wildman–Crippen MR) is 75.7 cm³/mol. The van der Waals surface area contributed by atoms with Crippen molar-refractivity contribution in [2.45, 2.75) is 18.7 Å². The van der Waals surface area contributed by atoms with Crippen LogP contribution in [0.15, 0.2) is 29.2 Å². The number of anilines is 1. The van der Waals surface area contributed by atoms with Crippen molar-refractivity contribution >= 4 is 15.5 Å². The minimum absolute atomic E-state index is 0.138. The topological polar surface area (TPSA) is 58.2 Å². The number of benzene rings is 1. The Morgan fingerprint density at radius 1 is 1.17 bits per heavy atom. The van der Waals surface area contributed by atoms with Crippen molar-refractivity contribution in [3.8, 4) is 0 Å². The molecule has 0 amide bonds. The van der Waals surface area contributed by atoms with E-state index < -0.39 is 9.84 Å². The second-order valence-corrected chi connectivity index (χ2v) is 6.75. The largest absolute Gasteiger partial charge is 0.385 e. The van der Waals surface area contributed by atoms with Crippen LogP contribution in [0.25, 0.3) is 0 Å². The van der Waals surface area contributed by atoms with Crippen LogP contribution >= 0.6 is 0 Å². The van der Waals surface area contributed by atoms with Crippen molar-refractivity contribution in [1.82, 2.24) is 5.32 Å². The summed E-state index contributed by atoms with van der Waals surface area (Å²) in [4.78, 5) is 0.388. The van der Waals surface area contributed by atoms with Gasteiger partial charge >= 0.3 is 0 Å². The number of nitrogens with one attached hydrogen (secondary N) is 2. The third-order valence-electron chi connectivity index (χ3n) is 2.80. The summed E-state index contributed by atoms with van der Waals surface area (Å²) < 4.78 is 23.3. The predicted octanol–water partition coefficient (Wildman–Crippen LogP) is 1.75. The molecule has 5 heteroatoms. The minimum atomic E-state index is -3.09. The van der Waals surface area contributed by atoms with Crippen LogP contribution < -0.4 is 10.6 Å². The third-order valence-corrected chi connectivity index (χ3v) is 4.55. The number of hydrogen-bond acceptors (Lipinski definition) is 4. The first-order chi connectivity index (χ1) is 8.49. The Bertz CT molecular complexity index is 454. The summed E-state index contributed by atoms with van der Waals surface area (Å²) in [5.74, 6) is 0.660. The Balaban J connectivity index is 2.61. The van der Waals surface area contributed by atoms with Crippen LogP contribution in [0.1, 0.15) is 13.8 Å². The highest BCUT2D eigenvalue weighted by atomic mass is 32.2. The SMILES string of the molecule is CCS(=O)(=O)c1ccc(NCC(C)CNC)cc1. The Kier molecular flexibility index (Phi) is 5.62. The molecule has 0 aromatic heterocycles. The number of rotatable bonds is 7. The molecule has 0 bridgehead atoms. The van der Waals surface area contributed by atoms with Crippen LogP contribution in [-0.2, 0) is 9.84 Å². The average molecular weight is 270 g/mol. The molecule has 0 radical (unpaired) electrons. The summed E-state index contributed by atoms with van der Waals surface area (Å²) in [6.45, 7) is 5.62. The van der Waals surface area contributed by atoms with E-state index in [0.717, 1.165) is 18.8 Å². The van der Waals surface area contributed by atoms with Gasteiger partial charge in [0.25, 0.3) is 0 Å². The van der Waals surface area contributed by atoms with Crippen molar-refractivity contribution < 1.29 is 8.42 Å². The monoisotopic (exact) mass is 270 g/mol. The normalized spacial score (nSPS) is 13.3. The summed E-state index contributed by atoms with van der Waals surface area (Å²) >= 11 is 0. The van der Waals surface area contributed by atoms with Gasteiger partial charge in [-0.2, -0.15) is 0 Å². The third kappa shape index (κ3) is 4.31. The molecule has 1 atom stereocenters. The van der Waals surface area contributed by atoms with Crippen LogP contribution in [0, 0.1) is 5.92 Å². The van der Waals surface area contributed by atoms with Gasteiger partial charge in [-0.15, -0.1) is 0 Å². The van der Waals surface area contributed by atoms with E-state index in [9.17, 15) is 8.42 Å². The molecule has 1 unspecified atom stereocenters. The van der Waals surface area contributed by atoms with E-state index in [1.54, 1.807) is 19.1 Å². The number of hydrogen-bond donors (Lipinski definition) is 2. The van der Waals surface area contributed by atoms with E-state index in [0.29, 0.717) is 10.8 Å². The fourth-order valence-electron chi connectivity index (χ4n) is 1.66. The van der Waals surface area contributed by atoms with E-state index in [1.807, 2.05) is 19.2 Å². The first-order valence-electron chi connectivity index (χ1n) is 6.21. The first kappa shape index (κ1) is 15.0. The van der Waals surface area contributed by atoms with Crippen LogP contribution in [0.3, 0.4) is 0 Å². The van der Waals surface area contributed by atoms with Crippen LogP contribution in [0.5, 0.6) is 0 Å². The smallest absolute Gasteiger partial charge is 0.178 e. The van der Waals surface area contributed by atoms with Crippen LogP contribution in [0.4, 0.5) is 5.69 Å². The van der Waals surface area contributed by atoms with E-state index in [1.165, 1.54) is 0 Å². The zero-order valence-electron chi connectivity index (χ0n) is 11.2. The van der Waals surface area contributed by atoms with Crippen molar-refractivity contribution in [3.05, 3.63) is 24.3 Å². The van der Waals surface area contributed by atoms with Gasteiger partial charge in [-0.05, 0) is 43.8 Å². The summed E-state index contributed by atoms with van der Waals surface area (Å²) in [5.41, 5.74) is 0.952. The van der Waals surface area contributed by atoms with Crippen molar-refractivity contribution in [2.75, 3.05) is 31.2 Å². The summed E-state index contributed by atoms with van der Waals surface area (Å²) in [6.07, 6.45) is 0. The van der Waals surface area contributed by atoms with Gasteiger partial charge in [0.15, 0.2) is 9.84 Å². The van der Waals surface area contributed by atoms with Crippen molar-refractivity contribution in [1.29, 1.82) is 0 Å². The zero-order valence-corrected chi connectivity index (χ0v) is 12.0. The van der Waals surface area contributed by atoms with Gasteiger partial charge in [0.1, 0.15) is 0 Å². The lowest BCUT2D eigenvalue weighted by molar-refractivity contribution is 0.569. The Morgan fingerprint density at radius 3 is 2.28 bits per heavy atom. The molecule has 18 heavy (non-hydrogen) atoms. The Morgan fingerprint density at radius 2 is 1.78 bits per heavy atom. The van der Waals surface area contributed by atoms with Gasteiger partial charge in [-0.1, -0.05) is 13.8 Å². The molecule has 0 spiro atoms. The fourth-order valence-corrected chi connectivity index (χ4v) is 2.54. The van der Waals surface area contributed by atoms with Gasteiger partial charge < -0.3 is 10.6 Å². The molecule has 4 nitrogen and oxygen atoms in total. The zero-order chi connectivity index (χ0) is 13.6. The molecule has 0 saturated carbocycles. The molecule has 1 aromatic rings. The van der Waals surface area contributed by atoms with Gasteiger partial charge in [-0.3, -0.25) is 0 Å². The Labute approximate surface area is 110 Å². The van der Waals surface area contributed by atoms with E-state index in [2.05, 4.69) is 17.6 Å². The first-order valence-corrected chi connectivity index (χ1v) is 7.86. The molecule has 1 rings (SSSR count). The highest BCUT2D eigenvalue weighted by molar-refractivity contribution is 7.91. The van der Waals surface area contributed by atoms with Crippen LogP contribution in [0.2, 0.25) is 0 Å². The molecule has 0 heterocycles.